The van der Waals surface area contributed by atoms with Crippen LogP contribution >= 0.6 is 0 Å². The van der Waals surface area contributed by atoms with Crippen LogP contribution in [0.3, 0.4) is 0 Å². The molecule has 0 fully saturated rings. The Hall–Kier alpha value is -4.19. The average Bonchev–Trinajstić information content (AvgIpc) is 3.38. The minimum absolute atomic E-state index is 0.0920. The van der Waals surface area contributed by atoms with Crippen LogP contribution in [0.15, 0.2) is 122 Å². The van der Waals surface area contributed by atoms with Gasteiger partial charge in [0.15, 0.2) is 6.10 Å². The minimum atomic E-state index is -0.794. The van der Waals surface area contributed by atoms with Gasteiger partial charge in [0.2, 0.25) is 0 Å². The van der Waals surface area contributed by atoms with E-state index < -0.39 is 6.10 Å². The Morgan fingerprint density at radius 3 is 0.861 bits per heavy atom. The van der Waals surface area contributed by atoms with E-state index >= 15 is 0 Å². The first-order valence-electron chi connectivity index (χ1n) is 29.5. The molecule has 0 amide bonds. The second kappa shape index (κ2) is 59.4. The number of carbonyl (C=O) groups is 3. The third-order valence-electron chi connectivity index (χ3n) is 12.2. The lowest BCUT2D eigenvalue weighted by molar-refractivity contribution is -0.167. The van der Waals surface area contributed by atoms with Crippen molar-refractivity contribution in [2.75, 3.05) is 13.2 Å². The summed E-state index contributed by atoms with van der Waals surface area (Å²) in [6.45, 7) is 6.33. The summed E-state index contributed by atoms with van der Waals surface area (Å²) >= 11 is 0. The first-order valence-corrected chi connectivity index (χ1v) is 29.5. The van der Waals surface area contributed by atoms with Crippen LogP contribution in [-0.4, -0.2) is 37.2 Å². The molecular formula is C66H108O6. The highest BCUT2D eigenvalue weighted by atomic mass is 16.6. The number of rotatable bonds is 52. The molecular weight excluding hydrogens is 889 g/mol. The lowest BCUT2D eigenvalue weighted by Gasteiger charge is -2.18. The lowest BCUT2D eigenvalue weighted by Crippen LogP contribution is -2.30. The summed E-state index contributed by atoms with van der Waals surface area (Å²) in [6, 6.07) is 0. The summed E-state index contributed by atoms with van der Waals surface area (Å²) in [7, 11) is 0. The topological polar surface area (TPSA) is 78.9 Å². The van der Waals surface area contributed by atoms with Gasteiger partial charge < -0.3 is 14.2 Å². The smallest absolute Gasteiger partial charge is 0.306 e. The van der Waals surface area contributed by atoms with Gasteiger partial charge >= 0.3 is 17.9 Å². The van der Waals surface area contributed by atoms with Crippen molar-refractivity contribution in [3.63, 3.8) is 0 Å². The number of unbranched alkanes of at least 4 members (excludes halogenated alkanes) is 21. The molecule has 6 nitrogen and oxygen atoms in total. The van der Waals surface area contributed by atoms with Gasteiger partial charge in [-0.3, -0.25) is 14.4 Å². The van der Waals surface area contributed by atoms with Crippen molar-refractivity contribution in [3.8, 4) is 0 Å². The SMILES string of the molecule is CC/C=C\C/C=C\C/C=C\C/C=C\C/C=C\CCCCCCCCCC(=O)OCC(COC(=O)CCCCCCC/C=C\CCC)OC(=O)CCCCCCCCCC/C=C\C/C=C\C/C=C\C/C=C\CC. The molecule has 0 rings (SSSR count). The Bertz CT molecular complexity index is 1520. The number of allylic oxidation sites excluding steroid dienone is 20. The molecule has 0 aliphatic carbocycles. The van der Waals surface area contributed by atoms with Crippen LogP contribution in [0.4, 0.5) is 0 Å². The maximum atomic E-state index is 12.9. The van der Waals surface area contributed by atoms with Crippen molar-refractivity contribution >= 4 is 17.9 Å². The van der Waals surface area contributed by atoms with Crippen LogP contribution in [0.25, 0.3) is 0 Å². The first kappa shape index (κ1) is 67.8. The van der Waals surface area contributed by atoms with Crippen LogP contribution in [-0.2, 0) is 28.6 Å². The van der Waals surface area contributed by atoms with Gasteiger partial charge in [-0.25, -0.2) is 0 Å². The van der Waals surface area contributed by atoms with Gasteiger partial charge in [-0.1, -0.05) is 239 Å². The summed E-state index contributed by atoms with van der Waals surface area (Å²) in [6.07, 6.45) is 81.9. The van der Waals surface area contributed by atoms with E-state index in [1.807, 2.05) is 0 Å². The van der Waals surface area contributed by atoms with E-state index in [4.69, 9.17) is 14.2 Å². The summed E-state index contributed by atoms with van der Waals surface area (Å²) in [5.41, 5.74) is 0. The van der Waals surface area contributed by atoms with E-state index in [2.05, 4.69) is 142 Å². The van der Waals surface area contributed by atoms with Gasteiger partial charge in [0.05, 0.1) is 0 Å². The van der Waals surface area contributed by atoms with E-state index in [1.165, 1.54) is 70.6 Å². The van der Waals surface area contributed by atoms with Crippen molar-refractivity contribution in [2.24, 2.45) is 0 Å². The molecule has 0 bridgehead atoms. The third kappa shape index (κ3) is 56.7. The zero-order valence-corrected chi connectivity index (χ0v) is 46.7. The monoisotopic (exact) mass is 997 g/mol. The van der Waals surface area contributed by atoms with E-state index in [0.29, 0.717) is 19.3 Å². The fourth-order valence-electron chi connectivity index (χ4n) is 7.82. The standard InChI is InChI=1S/C66H108O6/c1-4-7-10-13-16-19-22-24-26-28-30-32-33-35-36-38-40-42-44-47-50-53-56-59-65(68)71-62-63(61-70-64(67)58-55-52-49-46-21-18-15-12-9-6-3)72-66(69)60-57-54-51-48-45-43-41-39-37-34-31-29-27-25-23-20-17-14-11-8-5-2/h7-8,10-12,15-17,19-20,24-27,30-32,34-36,63H,4-6,9,13-14,18,21-23,28-29,33,37-62H2,1-3H3/b10-7-,11-8-,15-12-,19-16-,20-17-,26-24-,27-25-,32-30-,34-31-,36-35-. The van der Waals surface area contributed by atoms with E-state index in [9.17, 15) is 14.4 Å². The van der Waals surface area contributed by atoms with Gasteiger partial charge in [0, 0.05) is 19.3 Å². The van der Waals surface area contributed by atoms with Crippen molar-refractivity contribution in [1.82, 2.24) is 0 Å². The number of hydrogen-bond acceptors (Lipinski definition) is 6. The Morgan fingerprint density at radius 1 is 0.292 bits per heavy atom. The molecule has 0 aromatic carbocycles. The molecule has 0 aliphatic heterocycles. The van der Waals surface area contributed by atoms with Gasteiger partial charge in [-0.05, 0) is 122 Å². The molecule has 0 aliphatic rings. The highest BCUT2D eigenvalue weighted by molar-refractivity contribution is 5.71. The molecule has 72 heavy (non-hydrogen) atoms. The largest absolute Gasteiger partial charge is 0.462 e. The van der Waals surface area contributed by atoms with E-state index in [-0.39, 0.29) is 31.1 Å². The van der Waals surface area contributed by atoms with Crippen LogP contribution in [0.2, 0.25) is 0 Å². The molecule has 0 N–H and O–H groups in total. The fraction of sp³-hybridized carbons (Fsp3) is 0.652. The summed E-state index contributed by atoms with van der Waals surface area (Å²) in [5, 5.41) is 0. The molecule has 0 spiro atoms. The van der Waals surface area contributed by atoms with Crippen LogP contribution in [0.5, 0.6) is 0 Å². The van der Waals surface area contributed by atoms with Gasteiger partial charge in [-0.15, -0.1) is 0 Å². The highest BCUT2D eigenvalue weighted by Gasteiger charge is 2.19. The zero-order chi connectivity index (χ0) is 52.2. The van der Waals surface area contributed by atoms with Gasteiger partial charge in [0.25, 0.3) is 0 Å². The molecule has 408 valence electrons. The van der Waals surface area contributed by atoms with E-state index in [0.717, 1.165) is 148 Å². The number of ether oxygens (including phenoxy) is 3. The van der Waals surface area contributed by atoms with Gasteiger partial charge in [-0.2, -0.15) is 0 Å². The molecule has 6 heteroatoms. The maximum absolute atomic E-state index is 12.9. The maximum Gasteiger partial charge on any atom is 0.306 e. The second-order valence-electron chi connectivity index (χ2n) is 19.1. The third-order valence-corrected chi connectivity index (χ3v) is 12.2. The Kier molecular flexibility index (Phi) is 55.9. The Labute approximate surface area is 443 Å². The Morgan fingerprint density at radius 2 is 0.542 bits per heavy atom. The van der Waals surface area contributed by atoms with Crippen molar-refractivity contribution in [3.05, 3.63) is 122 Å². The molecule has 0 saturated heterocycles. The predicted molar refractivity (Wildman–Crippen MR) is 311 cm³/mol. The quantitative estimate of drug-likeness (QED) is 0.0261. The molecule has 1 unspecified atom stereocenters. The number of hydrogen-bond donors (Lipinski definition) is 0. The van der Waals surface area contributed by atoms with Crippen molar-refractivity contribution in [1.29, 1.82) is 0 Å². The zero-order valence-electron chi connectivity index (χ0n) is 46.7. The normalized spacial score (nSPS) is 13.0. The molecule has 1 atom stereocenters. The molecule has 0 aromatic heterocycles. The van der Waals surface area contributed by atoms with Gasteiger partial charge in [0.1, 0.15) is 13.2 Å². The molecule has 0 saturated carbocycles. The summed E-state index contributed by atoms with van der Waals surface area (Å²) in [5.74, 6) is -0.922. The van der Waals surface area contributed by atoms with Crippen molar-refractivity contribution in [2.45, 2.75) is 264 Å². The minimum Gasteiger partial charge on any atom is -0.462 e. The lowest BCUT2D eigenvalue weighted by atomic mass is 10.1. The highest BCUT2D eigenvalue weighted by Crippen LogP contribution is 2.15. The van der Waals surface area contributed by atoms with Crippen molar-refractivity contribution < 1.29 is 28.6 Å². The van der Waals surface area contributed by atoms with Crippen LogP contribution in [0.1, 0.15) is 258 Å². The summed E-state index contributed by atoms with van der Waals surface area (Å²) in [4.78, 5) is 38.1. The fourth-order valence-corrected chi connectivity index (χ4v) is 7.82. The number of esters is 3. The number of carbonyl (C=O) groups excluding carboxylic acids is 3. The van der Waals surface area contributed by atoms with E-state index in [1.54, 1.807) is 0 Å². The Balaban J connectivity index is 4.35. The molecule has 0 radical (unpaired) electrons. The molecule has 0 aromatic rings. The van der Waals surface area contributed by atoms with Crippen LogP contribution in [0, 0.1) is 0 Å². The second-order valence-corrected chi connectivity index (χ2v) is 19.1. The predicted octanol–water partition coefficient (Wildman–Crippen LogP) is 20.0. The summed E-state index contributed by atoms with van der Waals surface area (Å²) < 4.78 is 16.8. The van der Waals surface area contributed by atoms with Crippen LogP contribution < -0.4 is 0 Å². The molecule has 0 heterocycles. The average molecular weight is 998 g/mol. The first-order chi connectivity index (χ1) is 35.5.